The number of hydrogen-bond donors (Lipinski definition) is 2. The van der Waals surface area contributed by atoms with Crippen molar-refractivity contribution in [3.63, 3.8) is 0 Å². The van der Waals surface area contributed by atoms with Crippen LogP contribution in [-0.2, 0) is 4.79 Å². The zero-order valence-electron chi connectivity index (χ0n) is 11.4. The quantitative estimate of drug-likeness (QED) is 0.823. The summed E-state index contributed by atoms with van der Waals surface area (Å²) in [6.45, 7) is 3.90. The maximum absolute atomic E-state index is 12.1. The molecule has 2 aliphatic rings. The number of carbonyl (C=O) groups excluding carboxylic acids is 1. The zero-order valence-corrected chi connectivity index (χ0v) is 12.2. The third-order valence-corrected chi connectivity index (χ3v) is 6.03. The van der Waals surface area contributed by atoms with E-state index in [4.69, 9.17) is 5.73 Å². The minimum atomic E-state index is 0.239. The van der Waals surface area contributed by atoms with Crippen molar-refractivity contribution in [3.05, 3.63) is 0 Å². The van der Waals surface area contributed by atoms with Crippen molar-refractivity contribution in [2.45, 2.75) is 50.2 Å². The lowest BCUT2D eigenvalue weighted by molar-refractivity contribution is -0.126. The number of thioether (sulfide) groups is 1. The molecule has 3 nitrogen and oxygen atoms in total. The first kappa shape index (κ1) is 14.2. The summed E-state index contributed by atoms with van der Waals surface area (Å²) in [4.78, 5) is 12.1. The molecule has 1 saturated carbocycles. The molecule has 4 heteroatoms. The van der Waals surface area contributed by atoms with Gasteiger partial charge in [0, 0.05) is 17.2 Å². The van der Waals surface area contributed by atoms with Crippen LogP contribution in [0.15, 0.2) is 0 Å². The van der Waals surface area contributed by atoms with Crippen molar-refractivity contribution in [1.82, 2.24) is 5.32 Å². The van der Waals surface area contributed by atoms with Crippen molar-refractivity contribution in [3.8, 4) is 0 Å². The van der Waals surface area contributed by atoms with E-state index < -0.39 is 0 Å². The SMILES string of the molecule is CC1(CNC(=O)C2CCC(CN)CC2)CCCS1. The summed E-state index contributed by atoms with van der Waals surface area (Å²) in [6, 6.07) is 0. The van der Waals surface area contributed by atoms with E-state index in [1.807, 2.05) is 11.8 Å². The lowest BCUT2D eigenvalue weighted by atomic mass is 9.81. The Morgan fingerprint density at radius 1 is 1.39 bits per heavy atom. The topological polar surface area (TPSA) is 55.1 Å². The predicted molar refractivity (Wildman–Crippen MR) is 77.6 cm³/mol. The Morgan fingerprint density at radius 3 is 2.67 bits per heavy atom. The van der Waals surface area contributed by atoms with E-state index in [0.29, 0.717) is 5.92 Å². The molecule has 1 aliphatic carbocycles. The molecule has 1 saturated heterocycles. The molecule has 0 bridgehead atoms. The maximum Gasteiger partial charge on any atom is 0.223 e. The van der Waals surface area contributed by atoms with E-state index in [1.54, 1.807) is 0 Å². The number of hydrogen-bond acceptors (Lipinski definition) is 3. The van der Waals surface area contributed by atoms with E-state index in [0.717, 1.165) is 38.8 Å². The van der Waals surface area contributed by atoms with Crippen molar-refractivity contribution in [2.24, 2.45) is 17.6 Å². The average molecular weight is 270 g/mol. The minimum Gasteiger partial charge on any atom is -0.354 e. The Labute approximate surface area is 115 Å². The third kappa shape index (κ3) is 3.64. The lowest BCUT2D eigenvalue weighted by Gasteiger charge is -2.29. The molecule has 1 unspecified atom stereocenters. The van der Waals surface area contributed by atoms with Gasteiger partial charge in [-0.15, -0.1) is 0 Å². The average Bonchev–Trinajstić information content (AvgIpc) is 2.83. The molecule has 0 radical (unpaired) electrons. The molecule has 0 spiro atoms. The van der Waals surface area contributed by atoms with Crippen molar-refractivity contribution >= 4 is 17.7 Å². The molecule has 0 aromatic rings. The fourth-order valence-corrected chi connectivity index (χ4v) is 4.30. The van der Waals surface area contributed by atoms with Crippen LogP contribution in [0.2, 0.25) is 0 Å². The number of rotatable bonds is 4. The van der Waals surface area contributed by atoms with E-state index in [2.05, 4.69) is 12.2 Å². The van der Waals surface area contributed by atoms with Gasteiger partial charge in [0.15, 0.2) is 0 Å². The summed E-state index contributed by atoms with van der Waals surface area (Å²) in [5.41, 5.74) is 5.68. The summed E-state index contributed by atoms with van der Waals surface area (Å²) in [5.74, 6) is 2.41. The van der Waals surface area contributed by atoms with E-state index in [-0.39, 0.29) is 16.6 Å². The molecule has 2 rings (SSSR count). The highest BCUT2D eigenvalue weighted by Gasteiger charge is 2.31. The molecule has 1 heterocycles. The predicted octanol–water partition coefficient (Wildman–Crippen LogP) is 2.15. The van der Waals surface area contributed by atoms with Crippen LogP contribution < -0.4 is 11.1 Å². The Bertz CT molecular complexity index is 282. The second kappa shape index (κ2) is 6.29. The molecular weight excluding hydrogens is 244 g/mol. The highest BCUT2D eigenvalue weighted by atomic mass is 32.2. The molecule has 2 fully saturated rings. The summed E-state index contributed by atoms with van der Waals surface area (Å²) in [6.07, 6.45) is 6.83. The lowest BCUT2D eigenvalue weighted by Crippen LogP contribution is -2.41. The molecule has 3 N–H and O–H groups in total. The van der Waals surface area contributed by atoms with Gasteiger partial charge in [-0.05, 0) is 63.7 Å². The molecular formula is C14H26N2OS. The highest BCUT2D eigenvalue weighted by Crippen LogP contribution is 2.37. The van der Waals surface area contributed by atoms with Gasteiger partial charge < -0.3 is 11.1 Å². The second-order valence-electron chi connectivity index (χ2n) is 6.07. The van der Waals surface area contributed by atoms with Gasteiger partial charge in [-0.1, -0.05) is 0 Å². The summed E-state index contributed by atoms with van der Waals surface area (Å²) in [7, 11) is 0. The van der Waals surface area contributed by atoms with Crippen LogP contribution in [0, 0.1) is 11.8 Å². The number of nitrogens with one attached hydrogen (secondary N) is 1. The fourth-order valence-electron chi connectivity index (χ4n) is 3.06. The van der Waals surface area contributed by atoms with Crippen LogP contribution in [0.5, 0.6) is 0 Å². The molecule has 1 aliphatic heterocycles. The van der Waals surface area contributed by atoms with Gasteiger partial charge in [-0.25, -0.2) is 0 Å². The molecule has 18 heavy (non-hydrogen) atoms. The smallest absolute Gasteiger partial charge is 0.223 e. The third-order valence-electron chi connectivity index (χ3n) is 4.49. The maximum atomic E-state index is 12.1. The molecule has 1 amide bonds. The van der Waals surface area contributed by atoms with E-state index in [1.165, 1.54) is 18.6 Å². The Balaban J connectivity index is 1.72. The first-order valence-corrected chi connectivity index (χ1v) is 8.23. The summed E-state index contributed by atoms with van der Waals surface area (Å²) < 4.78 is 0.282. The Hall–Kier alpha value is -0.220. The fraction of sp³-hybridized carbons (Fsp3) is 0.929. The first-order valence-electron chi connectivity index (χ1n) is 7.25. The van der Waals surface area contributed by atoms with Crippen LogP contribution >= 0.6 is 11.8 Å². The Morgan fingerprint density at radius 2 is 2.11 bits per heavy atom. The van der Waals surface area contributed by atoms with Gasteiger partial charge in [-0.2, -0.15) is 11.8 Å². The second-order valence-corrected chi connectivity index (χ2v) is 7.76. The van der Waals surface area contributed by atoms with E-state index in [9.17, 15) is 4.79 Å². The van der Waals surface area contributed by atoms with Crippen LogP contribution in [0.1, 0.15) is 45.4 Å². The van der Waals surface area contributed by atoms with Gasteiger partial charge in [0.25, 0.3) is 0 Å². The van der Waals surface area contributed by atoms with Crippen LogP contribution in [0.25, 0.3) is 0 Å². The molecule has 104 valence electrons. The van der Waals surface area contributed by atoms with Gasteiger partial charge >= 0.3 is 0 Å². The van der Waals surface area contributed by atoms with Crippen LogP contribution in [0.4, 0.5) is 0 Å². The number of nitrogens with two attached hydrogens (primary N) is 1. The monoisotopic (exact) mass is 270 g/mol. The van der Waals surface area contributed by atoms with Gasteiger partial charge in [0.1, 0.15) is 0 Å². The van der Waals surface area contributed by atoms with Gasteiger partial charge in [0.2, 0.25) is 5.91 Å². The van der Waals surface area contributed by atoms with Gasteiger partial charge in [0.05, 0.1) is 0 Å². The van der Waals surface area contributed by atoms with Crippen LogP contribution in [0.3, 0.4) is 0 Å². The molecule has 0 aromatic carbocycles. The normalized spacial score (nSPS) is 36.6. The molecule has 0 aromatic heterocycles. The summed E-state index contributed by atoms with van der Waals surface area (Å²) in [5, 5.41) is 3.18. The van der Waals surface area contributed by atoms with Crippen LogP contribution in [-0.4, -0.2) is 29.5 Å². The molecule has 1 atom stereocenters. The largest absolute Gasteiger partial charge is 0.354 e. The number of carbonyl (C=O) groups is 1. The van der Waals surface area contributed by atoms with Gasteiger partial charge in [-0.3, -0.25) is 4.79 Å². The Kier molecular flexibility index (Phi) is 4.96. The van der Waals surface area contributed by atoms with Crippen molar-refractivity contribution < 1.29 is 4.79 Å². The van der Waals surface area contributed by atoms with Crippen molar-refractivity contribution in [1.29, 1.82) is 0 Å². The highest BCUT2D eigenvalue weighted by molar-refractivity contribution is 8.00. The summed E-state index contributed by atoms with van der Waals surface area (Å²) >= 11 is 2.01. The number of amides is 1. The minimum absolute atomic E-state index is 0.239. The zero-order chi connectivity index (χ0) is 13.0. The van der Waals surface area contributed by atoms with E-state index >= 15 is 0 Å². The standard InChI is InChI=1S/C14H26N2OS/c1-14(7-2-8-18-14)10-16-13(17)12-5-3-11(9-15)4-6-12/h11-12H,2-10,15H2,1H3,(H,16,17). The van der Waals surface area contributed by atoms with Crippen molar-refractivity contribution in [2.75, 3.05) is 18.8 Å². The first-order chi connectivity index (χ1) is 8.63.